The first kappa shape index (κ1) is 23.9. The van der Waals surface area contributed by atoms with Crippen LogP contribution in [0.15, 0.2) is 35.2 Å². The smallest absolute Gasteiger partial charge is 0.313 e. The van der Waals surface area contributed by atoms with E-state index in [9.17, 15) is 14.4 Å². The quantitative estimate of drug-likeness (QED) is 0.581. The number of carbonyl (C=O) groups excluding carboxylic acids is 3. The third-order valence-electron chi connectivity index (χ3n) is 4.23. The first-order valence-corrected chi connectivity index (χ1v) is 9.87. The molecule has 0 aliphatic carbocycles. The standard InChI is InChI=1S/C22H30N4O5/c1-21(2,3)10-18(27)24-12-22(4,5)26-20(29)19(28)25-14-7-8-15(16(9-14)30-6)17-11-23-13-31-17/h7-9,11,13H,10,12H2,1-6H3,(H,24,27)(H,25,28)(H,26,29). The van der Waals surface area contributed by atoms with Crippen molar-refractivity contribution >= 4 is 23.4 Å². The Morgan fingerprint density at radius 3 is 2.39 bits per heavy atom. The zero-order valence-corrected chi connectivity index (χ0v) is 18.8. The number of methoxy groups -OCH3 is 1. The summed E-state index contributed by atoms with van der Waals surface area (Å²) in [6.07, 6.45) is 3.22. The minimum atomic E-state index is -0.830. The average Bonchev–Trinajstić information content (AvgIpc) is 3.19. The van der Waals surface area contributed by atoms with Crippen molar-refractivity contribution in [3.63, 3.8) is 0 Å². The Labute approximate surface area is 181 Å². The van der Waals surface area contributed by atoms with Crippen LogP contribution in [-0.2, 0) is 14.4 Å². The van der Waals surface area contributed by atoms with Gasteiger partial charge in [-0.15, -0.1) is 0 Å². The molecule has 2 aromatic rings. The van der Waals surface area contributed by atoms with Crippen molar-refractivity contribution in [3.05, 3.63) is 30.8 Å². The van der Waals surface area contributed by atoms with E-state index < -0.39 is 17.4 Å². The van der Waals surface area contributed by atoms with Crippen molar-refractivity contribution in [1.29, 1.82) is 0 Å². The zero-order chi connectivity index (χ0) is 23.2. The van der Waals surface area contributed by atoms with Crippen molar-refractivity contribution in [2.75, 3.05) is 19.0 Å². The van der Waals surface area contributed by atoms with Gasteiger partial charge in [0.15, 0.2) is 12.2 Å². The Morgan fingerprint density at radius 2 is 1.81 bits per heavy atom. The Balaban J connectivity index is 1.96. The minimum Gasteiger partial charge on any atom is -0.496 e. The number of anilines is 1. The molecule has 3 amide bonds. The van der Waals surface area contributed by atoms with Gasteiger partial charge in [0.1, 0.15) is 5.75 Å². The fourth-order valence-corrected chi connectivity index (χ4v) is 2.78. The van der Waals surface area contributed by atoms with Crippen LogP contribution in [0.4, 0.5) is 5.69 Å². The van der Waals surface area contributed by atoms with Crippen LogP contribution in [0.3, 0.4) is 0 Å². The Bertz CT molecular complexity index is 930. The first-order chi connectivity index (χ1) is 14.4. The van der Waals surface area contributed by atoms with E-state index in [4.69, 9.17) is 9.15 Å². The monoisotopic (exact) mass is 430 g/mol. The summed E-state index contributed by atoms with van der Waals surface area (Å²) in [5.41, 5.74) is 0.100. The van der Waals surface area contributed by atoms with Gasteiger partial charge in [-0.2, -0.15) is 0 Å². The third-order valence-corrected chi connectivity index (χ3v) is 4.23. The number of benzene rings is 1. The van der Waals surface area contributed by atoms with E-state index in [0.717, 1.165) is 0 Å². The molecule has 2 rings (SSSR count). The summed E-state index contributed by atoms with van der Waals surface area (Å²) in [6, 6.07) is 4.91. The van der Waals surface area contributed by atoms with Crippen molar-refractivity contribution in [2.45, 2.75) is 46.6 Å². The van der Waals surface area contributed by atoms with Crippen LogP contribution in [0.2, 0.25) is 0 Å². The molecule has 0 radical (unpaired) electrons. The number of aromatic nitrogens is 1. The Hall–Kier alpha value is -3.36. The molecular formula is C22H30N4O5. The van der Waals surface area contributed by atoms with Gasteiger partial charge in [0, 0.05) is 24.7 Å². The number of amides is 3. The molecule has 1 aromatic carbocycles. The van der Waals surface area contributed by atoms with E-state index in [1.165, 1.54) is 13.5 Å². The molecule has 168 valence electrons. The fourth-order valence-electron chi connectivity index (χ4n) is 2.78. The molecule has 31 heavy (non-hydrogen) atoms. The second-order valence-electron chi connectivity index (χ2n) is 9.09. The molecule has 3 N–H and O–H groups in total. The van der Waals surface area contributed by atoms with Gasteiger partial charge in [-0.05, 0) is 31.4 Å². The van der Waals surface area contributed by atoms with Crippen molar-refractivity contribution in [3.8, 4) is 17.1 Å². The summed E-state index contributed by atoms with van der Waals surface area (Å²) in [4.78, 5) is 40.6. The highest BCUT2D eigenvalue weighted by Crippen LogP contribution is 2.32. The predicted octanol–water partition coefficient (Wildman–Crippen LogP) is 2.74. The maximum atomic E-state index is 12.4. The van der Waals surface area contributed by atoms with E-state index in [1.54, 1.807) is 38.2 Å². The van der Waals surface area contributed by atoms with Crippen molar-refractivity contribution < 1.29 is 23.5 Å². The van der Waals surface area contributed by atoms with E-state index in [1.807, 2.05) is 20.8 Å². The van der Waals surface area contributed by atoms with Crippen LogP contribution in [0, 0.1) is 5.41 Å². The number of hydrogen-bond donors (Lipinski definition) is 3. The normalized spacial score (nSPS) is 11.5. The molecule has 0 aliphatic rings. The molecule has 0 saturated carbocycles. The highest BCUT2D eigenvalue weighted by Gasteiger charge is 2.26. The molecule has 0 unspecified atom stereocenters. The van der Waals surface area contributed by atoms with Crippen LogP contribution in [-0.4, -0.2) is 41.9 Å². The van der Waals surface area contributed by atoms with Gasteiger partial charge in [0.25, 0.3) is 0 Å². The lowest BCUT2D eigenvalue weighted by atomic mass is 9.92. The SMILES string of the molecule is COc1cc(NC(=O)C(=O)NC(C)(C)CNC(=O)CC(C)(C)C)ccc1-c1cnco1. The van der Waals surface area contributed by atoms with E-state index in [0.29, 0.717) is 29.2 Å². The van der Waals surface area contributed by atoms with Gasteiger partial charge < -0.3 is 25.1 Å². The van der Waals surface area contributed by atoms with Crippen LogP contribution in [0.1, 0.15) is 41.0 Å². The molecule has 0 bridgehead atoms. The largest absolute Gasteiger partial charge is 0.496 e. The van der Waals surface area contributed by atoms with Gasteiger partial charge in [-0.25, -0.2) is 4.98 Å². The van der Waals surface area contributed by atoms with E-state index in [-0.39, 0.29) is 17.9 Å². The van der Waals surface area contributed by atoms with Gasteiger partial charge in [-0.3, -0.25) is 14.4 Å². The number of carbonyl (C=O) groups is 3. The maximum absolute atomic E-state index is 12.4. The molecule has 9 nitrogen and oxygen atoms in total. The topological polar surface area (TPSA) is 123 Å². The summed E-state index contributed by atoms with van der Waals surface area (Å²) < 4.78 is 10.6. The van der Waals surface area contributed by atoms with Gasteiger partial charge in [-0.1, -0.05) is 20.8 Å². The summed E-state index contributed by atoms with van der Waals surface area (Å²) in [6.45, 7) is 9.56. The molecule has 1 heterocycles. The summed E-state index contributed by atoms with van der Waals surface area (Å²) in [5.74, 6) is -0.783. The number of rotatable bonds is 7. The maximum Gasteiger partial charge on any atom is 0.313 e. The van der Waals surface area contributed by atoms with Crippen LogP contribution in [0.25, 0.3) is 11.3 Å². The van der Waals surface area contributed by atoms with E-state index in [2.05, 4.69) is 20.9 Å². The zero-order valence-electron chi connectivity index (χ0n) is 18.8. The lowest BCUT2D eigenvalue weighted by Crippen LogP contribution is -2.54. The summed E-state index contributed by atoms with van der Waals surface area (Å²) >= 11 is 0. The second kappa shape index (κ2) is 9.63. The fraction of sp³-hybridized carbons (Fsp3) is 0.455. The highest BCUT2D eigenvalue weighted by molar-refractivity contribution is 6.39. The molecule has 0 saturated heterocycles. The lowest BCUT2D eigenvalue weighted by molar-refractivity contribution is -0.137. The molecule has 0 aliphatic heterocycles. The predicted molar refractivity (Wildman–Crippen MR) is 116 cm³/mol. The number of nitrogens with zero attached hydrogens (tertiary/aromatic N) is 1. The number of nitrogens with one attached hydrogen (secondary N) is 3. The molecule has 0 spiro atoms. The molecule has 0 atom stereocenters. The Morgan fingerprint density at radius 1 is 1.10 bits per heavy atom. The Kier molecular flexibility index (Phi) is 7.43. The number of ether oxygens (including phenoxy) is 1. The van der Waals surface area contributed by atoms with Gasteiger partial charge >= 0.3 is 11.8 Å². The number of oxazole rings is 1. The van der Waals surface area contributed by atoms with Crippen LogP contribution < -0.4 is 20.7 Å². The van der Waals surface area contributed by atoms with Crippen molar-refractivity contribution in [2.24, 2.45) is 5.41 Å². The molecule has 0 fully saturated rings. The lowest BCUT2D eigenvalue weighted by Gasteiger charge is -2.27. The number of hydrogen-bond acceptors (Lipinski definition) is 6. The minimum absolute atomic E-state index is 0.113. The average molecular weight is 431 g/mol. The highest BCUT2D eigenvalue weighted by atomic mass is 16.5. The van der Waals surface area contributed by atoms with Gasteiger partial charge in [0.2, 0.25) is 5.91 Å². The molecule has 9 heteroatoms. The molecule has 1 aromatic heterocycles. The summed E-state index contributed by atoms with van der Waals surface area (Å²) in [7, 11) is 1.49. The summed E-state index contributed by atoms with van der Waals surface area (Å²) in [5, 5.41) is 7.97. The van der Waals surface area contributed by atoms with E-state index >= 15 is 0 Å². The molecular weight excluding hydrogens is 400 g/mol. The van der Waals surface area contributed by atoms with Crippen molar-refractivity contribution in [1.82, 2.24) is 15.6 Å². The third kappa shape index (κ3) is 7.44. The first-order valence-electron chi connectivity index (χ1n) is 9.87. The van der Waals surface area contributed by atoms with Gasteiger partial charge in [0.05, 0.1) is 24.4 Å². The van der Waals surface area contributed by atoms with Crippen LogP contribution in [0.5, 0.6) is 5.75 Å². The second-order valence-corrected chi connectivity index (χ2v) is 9.09. The van der Waals surface area contributed by atoms with Crippen LogP contribution >= 0.6 is 0 Å².